The fourth-order valence-electron chi connectivity index (χ4n) is 5.63. The molecule has 0 aliphatic carbocycles. The van der Waals surface area contributed by atoms with Gasteiger partial charge < -0.3 is 20.3 Å². The lowest BCUT2D eigenvalue weighted by Gasteiger charge is -2.20. The molecule has 5 rings (SSSR count). The molecule has 2 aromatic heterocycles. The van der Waals surface area contributed by atoms with Crippen molar-refractivity contribution in [2.24, 2.45) is 0 Å². The standard InChI is InChI=1S/C41H46N6O5/c1-5-6-7-8-9-35-46-40(52-47-35)31-16-14-28(15-17-31)32-25-43-37(44-26-32)29-12-10-27(11-13-29)24-34(39(51)42-23-22-36(48)49)45-38(50)30-18-20-33(21-19-30)41(2,3)4/h10-21,25-26,34H,5-9,22-24H2,1-4H3,(H,42,51)(H,45,50)(H,48,49)/t34-/m0/s1. The maximum absolute atomic E-state index is 13.2. The van der Waals surface area contributed by atoms with Gasteiger partial charge in [0.2, 0.25) is 5.91 Å². The average Bonchev–Trinajstić information content (AvgIpc) is 3.62. The van der Waals surface area contributed by atoms with Crippen LogP contribution in [0.25, 0.3) is 34.0 Å². The van der Waals surface area contributed by atoms with Crippen LogP contribution in [-0.4, -0.2) is 55.6 Å². The number of benzene rings is 3. The van der Waals surface area contributed by atoms with Gasteiger partial charge in [-0.2, -0.15) is 4.98 Å². The van der Waals surface area contributed by atoms with E-state index in [0.717, 1.165) is 58.5 Å². The minimum atomic E-state index is -1.02. The van der Waals surface area contributed by atoms with Crippen molar-refractivity contribution in [1.29, 1.82) is 0 Å². The summed E-state index contributed by atoms with van der Waals surface area (Å²) in [5.41, 5.74) is 5.69. The highest BCUT2D eigenvalue weighted by atomic mass is 16.5. The van der Waals surface area contributed by atoms with E-state index in [9.17, 15) is 14.4 Å². The molecule has 3 aromatic carbocycles. The minimum absolute atomic E-state index is 0.0456. The number of carbonyl (C=O) groups is 3. The van der Waals surface area contributed by atoms with Crippen LogP contribution in [0.2, 0.25) is 0 Å². The Morgan fingerprint density at radius 1 is 0.808 bits per heavy atom. The molecular weight excluding hydrogens is 656 g/mol. The summed E-state index contributed by atoms with van der Waals surface area (Å²) in [7, 11) is 0. The molecule has 1 atom stereocenters. The predicted octanol–water partition coefficient (Wildman–Crippen LogP) is 7.21. The molecule has 0 spiro atoms. The third-order valence-electron chi connectivity index (χ3n) is 8.76. The second kappa shape index (κ2) is 17.5. The Kier molecular flexibility index (Phi) is 12.6. The number of carboxylic acid groups (broad SMARTS) is 1. The summed E-state index contributed by atoms with van der Waals surface area (Å²) in [5.74, 6) is -0.0994. The van der Waals surface area contributed by atoms with E-state index in [-0.39, 0.29) is 24.8 Å². The van der Waals surface area contributed by atoms with E-state index >= 15 is 0 Å². The van der Waals surface area contributed by atoms with Gasteiger partial charge in [0.15, 0.2) is 11.6 Å². The van der Waals surface area contributed by atoms with E-state index in [2.05, 4.69) is 58.4 Å². The molecule has 0 radical (unpaired) electrons. The maximum Gasteiger partial charge on any atom is 0.305 e. The van der Waals surface area contributed by atoms with Crippen molar-refractivity contribution in [3.63, 3.8) is 0 Å². The first-order valence-electron chi connectivity index (χ1n) is 17.8. The molecule has 270 valence electrons. The zero-order valence-electron chi connectivity index (χ0n) is 30.2. The fraction of sp³-hybridized carbons (Fsp3) is 0.341. The molecule has 0 bridgehead atoms. The van der Waals surface area contributed by atoms with E-state index in [1.807, 2.05) is 60.7 Å². The highest BCUT2D eigenvalue weighted by molar-refractivity contribution is 5.97. The van der Waals surface area contributed by atoms with E-state index in [0.29, 0.717) is 17.3 Å². The zero-order valence-corrected chi connectivity index (χ0v) is 30.2. The minimum Gasteiger partial charge on any atom is -0.481 e. The van der Waals surface area contributed by atoms with Crippen molar-refractivity contribution in [2.45, 2.75) is 84.1 Å². The molecule has 5 aromatic rings. The van der Waals surface area contributed by atoms with Crippen molar-refractivity contribution in [3.8, 4) is 34.0 Å². The molecule has 3 N–H and O–H groups in total. The molecule has 11 nitrogen and oxygen atoms in total. The van der Waals surface area contributed by atoms with Crippen molar-refractivity contribution < 1.29 is 24.0 Å². The molecule has 52 heavy (non-hydrogen) atoms. The van der Waals surface area contributed by atoms with Crippen LogP contribution < -0.4 is 10.6 Å². The van der Waals surface area contributed by atoms with E-state index in [1.165, 1.54) is 12.8 Å². The van der Waals surface area contributed by atoms with Crippen LogP contribution >= 0.6 is 0 Å². The van der Waals surface area contributed by atoms with Crippen molar-refractivity contribution in [1.82, 2.24) is 30.7 Å². The number of nitrogens with one attached hydrogen (secondary N) is 2. The van der Waals surface area contributed by atoms with E-state index < -0.39 is 23.8 Å². The van der Waals surface area contributed by atoms with Crippen molar-refractivity contribution >= 4 is 17.8 Å². The first-order chi connectivity index (χ1) is 25.0. The average molecular weight is 703 g/mol. The lowest BCUT2D eigenvalue weighted by molar-refractivity contribution is -0.137. The molecule has 11 heteroatoms. The van der Waals surface area contributed by atoms with Gasteiger partial charge in [-0.15, -0.1) is 0 Å². The molecule has 0 aliphatic heterocycles. The third-order valence-corrected chi connectivity index (χ3v) is 8.76. The van der Waals surface area contributed by atoms with Gasteiger partial charge in [-0.3, -0.25) is 14.4 Å². The van der Waals surface area contributed by atoms with E-state index in [4.69, 9.17) is 9.63 Å². The SMILES string of the molecule is CCCCCCc1noc(-c2ccc(-c3cnc(-c4ccc(C[C@H](NC(=O)c5ccc(C(C)(C)C)cc5)C(=O)NCCC(=O)O)cc4)nc3)cc2)n1. The monoisotopic (exact) mass is 702 g/mol. The lowest BCUT2D eigenvalue weighted by Crippen LogP contribution is -2.48. The van der Waals surface area contributed by atoms with Crippen LogP contribution in [0, 0.1) is 0 Å². The number of rotatable bonds is 16. The Morgan fingerprint density at radius 3 is 2.10 bits per heavy atom. The highest BCUT2D eigenvalue weighted by Crippen LogP contribution is 2.26. The number of carbonyl (C=O) groups excluding carboxylic acids is 2. The summed E-state index contributed by atoms with van der Waals surface area (Å²) in [6.45, 7) is 8.42. The third kappa shape index (κ3) is 10.4. The molecule has 0 fully saturated rings. The summed E-state index contributed by atoms with van der Waals surface area (Å²) in [6.07, 6.45) is 8.94. The number of amides is 2. The number of aryl methyl sites for hydroxylation is 1. The first-order valence-corrected chi connectivity index (χ1v) is 17.8. The molecule has 0 saturated heterocycles. The summed E-state index contributed by atoms with van der Waals surface area (Å²) in [4.78, 5) is 51.0. The van der Waals surface area contributed by atoms with Gasteiger partial charge in [-0.25, -0.2) is 9.97 Å². The smallest absolute Gasteiger partial charge is 0.305 e. The quantitative estimate of drug-likeness (QED) is 0.0903. The number of carboxylic acids is 1. The van der Waals surface area contributed by atoms with Gasteiger partial charge in [0.25, 0.3) is 11.8 Å². The maximum atomic E-state index is 13.2. The van der Waals surface area contributed by atoms with Crippen LogP contribution in [0.4, 0.5) is 0 Å². The molecule has 0 unspecified atom stereocenters. The van der Waals surface area contributed by atoms with Crippen LogP contribution in [0.3, 0.4) is 0 Å². The number of aromatic nitrogens is 4. The number of hydrogen-bond acceptors (Lipinski definition) is 8. The van der Waals surface area contributed by atoms with Gasteiger partial charge in [-0.1, -0.05) is 101 Å². The van der Waals surface area contributed by atoms with Crippen LogP contribution in [0.15, 0.2) is 89.7 Å². The highest BCUT2D eigenvalue weighted by Gasteiger charge is 2.23. The summed E-state index contributed by atoms with van der Waals surface area (Å²) >= 11 is 0. The molecule has 2 heterocycles. The van der Waals surface area contributed by atoms with Gasteiger partial charge >= 0.3 is 5.97 Å². The zero-order chi connectivity index (χ0) is 37.1. The molecule has 0 aliphatic rings. The Morgan fingerprint density at radius 2 is 1.46 bits per heavy atom. The largest absolute Gasteiger partial charge is 0.481 e. The second-order valence-corrected chi connectivity index (χ2v) is 13.9. The summed E-state index contributed by atoms with van der Waals surface area (Å²) < 4.78 is 5.49. The fourth-order valence-corrected chi connectivity index (χ4v) is 5.63. The Labute approximate surface area is 304 Å². The van der Waals surface area contributed by atoms with Crippen LogP contribution in [-0.2, 0) is 27.8 Å². The predicted molar refractivity (Wildman–Crippen MR) is 199 cm³/mol. The van der Waals surface area contributed by atoms with Gasteiger partial charge in [0.05, 0.1) is 6.42 Å². The Hall–Kier alpha value is -5.71. The normalized spacial score (nSPS) is 11.9. The summed E-state index contributed by atoms with van der Waals surface area (Å²) in [6, 6.07) is 21.7. The number of unbranched alkanes of at least 4 members (excludes halogenated alkanes) is 3. The van der Waals surface area contributed by atoms with Gasteiger partial charge in [-0.05, 0) is 52.8 Å². The number of nitrogens with zero attached hydrogens (tertiary/aromatic N) is 4. The number of aliphatic carboxylic acids is 1. The Balaban J connectivity index is 1.22. The summed E-state index contributed by atoms with van der Waals surface area (Å²) in [5, 5.41) is 18.6. The lowest BCUT2D eigenvalue weighted by atomic mass is 9.86. The van der Waals surface area contributed by atoms with E-state index in [1.54, 1.807) is 24.5 Å². The van der Waals surface area contributed by atoms with Gasteiger partial charge in [0, 0.05) is 54.0 Å². The van der Waals surface area contributed by atoms with Crippen LogP contribution in [0.1, 0.15) is 87.1 Å². The molecular formula is C41H46N6O5. The molecule has 2 amide bonds. The van der Waals surface area contributed by atoms with Crippen molar-refractivity contribution in [3.05, 3.63) is 108 Å². The molecule has 0 saturated carbocycles. The Bertz CT molecular complexity index is 1930. The van der Waals surface area contributed by atoms with Crippen LogP contribution in [0.5, 0.6) is 0 Å². The van der Waals surface area contributed by atoms with Gasteiger partial charge in [0.1, 0.15) is 6.04 Å². The number of hydrogen-bond donors (Lipinski definition) is 3. The van der Waals surface area contributed by atoms with Crippen molar-refractivity contribution in [2.75, 3.05) is 6.54 Å². The topological polar surface area (TPSA) is 160 Å². The second-order valence-electron chi connectivity index (χ2n) is 13.9. The first kappa shape index (κ1) is 37.5.